The first kappa shape index (κ1) is 13.6. The van der Waals surface area contributed by atoms with Gasteiger partial charge in [-0.05, 0) is 17.5 Å². The first-order valence-corrected chi connectivity index (χ1v) is 7.29. The number of aliphatic carboxylic acids is 1. The summed E-state index contributed by atoms with van der Waals surface area (Å²) < 4.78 is 5.38. The summed E-state index contributed by atoms with van der Waals surface area (Å²) in [6.45, 7) is 0. The van der Waals surface area contributed by atoms with Gasteiger partial charge in [0, 0.05) is 16.3 Å². The Kier molecular flexibility index (Phi) is 3.58. The summed E-state index contributed by atoms with van der Waals surface area (Å²) >= 11 is 1.37. The lowest BCUT2D eigenvalue weighted by Gasteiger charge is -2.08. The SMILES string of the molecule is COc1ccc(-c2csc(CC(=O)O)n2)c2ccccc12. The molecule has 0 unspecified atom stereocenters. The maximum Gasteiger partial charge on any atom is 0.310 e. The summed E-state index contributed by atoms with van der Waals surface area (Å²) in [6, 6.07) is 11.8. The number of benzene rings is 2. The second-order valence-electron chi connectivity index (χ2n) is 4.56. The maximum atomic E-state index is 10.8. The van der Waals surface area contributed by atoms with E-state index in [-0.39, 0.29) is 6.42 Å². The zero-order valence-corrected chi connectivity index (χ0v) is 12.2. The minimum absolute atomic E-state index is 0.0429. The molecule has 2 aromatic carbocycles. The number of hydrogen-bond acceptors (Lipinski definition) is 4. The zero-order chi connectivity index (χ0) is 14.8. The van der Waals surface area contributed by atoms with Gasteiger partial charge >= 0.3 is 5.97 Å². The minimum atomic E-state index is -0.865. The van der Waals surface area contributed by atoms with Crippen LogP contribution >= 0.6 is 11.3 Å². The average Bonchev–Trinajstić information content (AvgIpc) is 2.93. The molecule has 0 spiro atoms. The molecule has 3 aromatic rings. The number of methoxy groups -OCH3 is 1. The number of rotatable bonds is 4. The Labute approximate surface area is 125 Å². The van der Waals surface area contributed by atoms with Gasteiger partial charge in [0.15, 0.2) is 0 Å². The Morgan fingerprint density at radius 3 is 2.71 bits per heavy atom. The van der Waals surface area contributed by atoms with E-state index in [1.54, 1.807) is 7.11 Å². The van der Waals surface area contributed by atoms with E-state index < -0.39 is 5.97 Å². The predicted octanol–water partition coefficient (Wildman–Crippen LogP) is 3.60. The largest absolute Gasteiger partial charge is 0.496 e. The van der Waals surface area contributed by atoms with Gasteiger partial charge in [0.05, 0.1) is 19.2 Å². The maximum absolute atomic E-state index is 10.8. The van der Waals surface area contributed by atoms with Crippen LogP contribution in [-0.4, -0.2) is 23.2 Å². The van der Waals surface area contributed by atoms with Crippen LogP contribution in [0.4, 0.5) is 0 Å². The van der Waals surface area contributed by atoms with E-state index in [4.69, 9.17) is 9.84 Å². The molecule has 1 aromatic heterocycles. The van der Waals surface area contributed by atoms with E-state index in [0.29, 0.717) is 5.01 Å². The number of carboxylic acid groups (broad SMARTS) is 1. The molecule has 106 valence electrons. The first-order chi connectivity index (χ1) is 10.2. The van der Waals surface area contributed by atoms with Crippen molar-refractivity contribution >= 4 is 28.1 Å². The molecule has 5 heteroatoms. The van der Waals surface area contributed by atoms with Crippen LogP contribution in [0.15, 0.2) is 41.8 Å². The Balaban J connectivity index is 2.12. The average molecular weight is 299 g/mol. The second-order valence-corrected chi connectivity index (χ2v) is 5.50. The second kappa shape index (κ2) is 5.54. The Hall–Kier alpha value is -2.40. The molecule has 1 heterocycles. The molecule has 0 atom stereocenters. The summed E-state index contributed by atoms with van der Waals surface area (Å²) in [5.41, 5.74) is 1.79. The Morgan fingerprint density at radius 1 is 1.24 bits per heavy atom. The number of aromatic nitrogens is 1. The van der Waals surface area contributed by atoms with Crippen LogP contribution in [0, 0.1) is 0 Å². The van der Waals surface area contributed by atoms with Crippen molar-refractivity contribution < 1.29 is 14.6 Å². The molecular weight excluding hydrogens is 286 g/mol. The molecule has 21 heavy (non-hydrogen) atoms. The van der Waals surface area contributed by atoms with Crippen molar-refractivity contribution in [2.24, 2.45) is 0 Å². The monoisotopic (exact) mass is 299 g/mol. The molecular formula is C16H13NO3S. The highest BCUT2D eigenvalue weighted by atomic mass is 32.1. The molecule has 1 N–H and O–H groups in total. The molecule has 0 fully saturated rings. The lowest BCUT2D eigenvalue weighted by Crippen LogP contribution is -1.99. The summed E-state index contributed by atoms with van der Waals surface area (Å²) in [7, 11) is 1.65. The Bertz CT molecular complexity index is 810. The van der Waals surface area contributed by atoms with Gasteiger partial charge in [-0.1, -0.05) is 24.3 Å². The van der Waals surface area contributed by atoms with Gasteiger partial charge in [0.2, 0.25) is 0 Å². The molecule has 3 rings (SSSR count). The third-order valence-electron chi connectivity index (χ3n) is 3.23. The van der Waals surface area contributed by atoms with E-state index in [1.165, 1.54) is 11.3 Å². The Morgan fingerprint density at radius 2 is 2.00 bits per heavy atom. The van der Waals surface area contributed by atoms with Crippen LogP contribution in [0.3, 0.4) is 0 Å². The molecule has 0 saturated carbocycles. The smallest absolute Gasteiger partial charge is 0.310 e. The number of nitrogens with zero attached hydrogens (tertiary/aromatic N) is 1. The van der Waals surface area contributed by atoms with Gasteiger partial charge in [-0.2, -0.15) is 0 Å². The highest BCUT2D eigenvalue weighted by Gasteiger charge is 2.12. The minimum Gasteiger partial charge on any atom is -0.496 e. The lowest BCUT2D eigenvalue weighted by molar-refractivity contribution is -0.136. The van der Waals surface area contributed by atoms with E-state index in [1.807, 2.05) is 41.8 Å². The number of fused-ring (bicyclic) bond motifs is 1. The van der Waals surface area contributed by atoms with Crippen LogP contribution in [0.1, 0.15) is 5.01 Å². The van der Waals surface area contributed by atoms with E-state index in [0.717, 1.165) is 27.8 Å². The molecule has 0 saturated heterocycles. The molecule has 0 aliphatic carbocycles. The fraction of sp³-hybridized carbons (Fsp3) is 0.125. The van der Waals surface area contributed by atoms with Crippen LogP contribution < -0.4 is 4.74 Å². The summed E-state index contributed by atoms with van der Waals surface area (Å²) in [5, 5.41) is 13.4. The van der Waals surface area contributed by atoms with Crippen LogP contribution in [-0.2, 0) is 11.2 Å². The van der Waals surface area contributed by atoms with Gasteiger partial charge in [-0.15, -0.1) is 11.3 Å². The van der Waals surface area contributed by atoms with Crippen molar-refractivity contribution in [3.8, 4) is 17.0 Å². The van der Waals surface area contributed by atoms with Crippen molar-refractivity contribution in [3.63, 3.8) is 0 Å². The van der Waals surface area contributed by atoms with Crippen LogP contribution in [0.5, 0.6) is 5.75 Å². The van der Waals surface area contributed by atoms with Crippen molar-refractivity contribution in [3.05, 3.63) is 46.8 Å². The summed E-state index contributed by atoms with van der Waals surface area (Å²) in [6.07, 6.45) is -0.0429. The van der Waals surface area contributed by atoms with Crippen molar-refractivity contribution in [2.75, 3.05) is 7.11 Å². The molecule has 0 amide bonds. The van der Waals surface area contributed by atoms with E-state index in [2.05, 4.69) is 4.98 Å². The first-order valence-electron chi connectivity index (χ1n) is 6.41. The van der Waals surface area contributed by atoms with Crippen LogP contribution in [0.2, 0.25) is 0 Å². The van der Waals surface area contributed by atoms with Gasteiger partial charge in [-0.3, -0.25) is 4.79 Å². The number of carbonyl (C=O) groups is 1. The number of thiazole rings is 1. The molecule has 0 aliphatic heterocycles. The number of hydrogen-bond donors (Lipinski definition) is 1. The molecule has 0 radical (unpaired) electrons. The van der Waals surface area contributed by atoms with Gasteiger partial charge in [-0.25, -0.2) is 4.98 Å². The fourth-order valence-electron chi connectivity index (χ4n) is 2.32. The van der Waals surface area contributed by atoms with Crippen molar-refractivity contribution in [1.82, 2.24) is 4.98 Å². The van der Waals surface area contributed by atoms with Crippen molar-refractivity contribution in [1.29, 1.82) is 0 Å². The van der Waals surface area contributed by atoms with Crippen molar-refractivity contribution in [2.45, 2.75) is 6.42 Å². The lowest BCUT2D eigenvalue weighted by atomic mass is 10.0. The highest BCUT2D eigenvalue weighted by molar-refractivity contribution is 7.10. The topological polar surface area (TPSA) is 59.4 Å². The van der Waals surface area contributed by atoms with Gasteiger partial charge < -0.3 is 9.84 Å². The van der Waals surface area contributed by atoms with E-state index >= 15 is 0 Å². The summed E-state index contributed by atoms with van der Waals surface area (Å²) in [5.74, 6) is -0.0502. The summed E-state index contributed by atoms with van der Waals surface area (Å²) in [4.78, 5) is 15.2. The third kappa shape index (κ3) is 2.60. The van der Waals surface area contributed by atoms with E-state index in [9.17, 15) is 4.79 Å². The van der Waals surface area contributed by atoms with Gasteiger partial charge in [0.1, 0.15) is 10.8 Å². The predicted molar refractivity (Wildman–Crippen MR) is 82.9 cm³/mol. The third-order valence-corrected chi connectivity index (χ3v) is 4.08. The zero-order valence-electron chi connectivity index (χ0n) is 11.4. The number of ether oxygens (including phenoxy) is 1. The van der Waals surface area contributed by atoms with Gasteiger partial charge in [0.25, 0.3) is 0 Å². The number of carboxylic acids is 1. The molecule has 0 bridgehead atoms. The highest BCUT2D eigenvalue weighted by Crippen LogP contribution is 2.34. The molecule has 4 nitrogen and oxygen atoms in total. The fourth-order valence-corrected chi connectivity index (χ4v) is 3.10. The standard InChI is InChI=1S/C16H13NO3S/c1-20-14-7-6-11(10-4-2-3-5-12(10)14)13-9-21-15(17-13)8-16(18)19/h2-7,9H,8H2,1H3,(H,18,19). The normalized spacial score (nSPS) is 10.7. The molecule has 0 aliphatic rings. The van der Waals surface area contributed by atoms with Crippen LogP contribution in [0.25, 0.3) is 22.0 Å². The quantitative estimate of drug-likeness (QED) is 0.799.